The Kier molecular flexibility index (Phi) is 4.14. The van der Waals surface area contributed by atoms with Crippen LogP contribution >= 0.6 is 0 Å². The molecule has 1 heterocycles. The standard InChI is InChI=1S/C12H16N4O4S/c13-12(18)15-11(17)4-6-16-5-3-8-7-9(21(14,19)20)1-2-10(8)16/h1-2,7H,3-6H2,(H2,14,19,20)(H3,13,15,17,18). The normalized spacial score (nSPS) is 13.9. The Morgan fingerprint density at radius 1 is 1.33 bits per heavy atom. The zero-order chi connectivity index (χ0) is 15.6. The minimum absolute atomic E-state index is 0.0783. The van der Waals surface area contributed by atoms with E-state index in [0.717, 1.165) is 11.3 Å². The molecule has 1 aliphatic heterocycles. The van der Waals surface area contributed by atoms with Crippen molar-refractivity contribution in [3.63, 3.8) is 0 Å². The number of hydrogen-bond acceptors (Lipinski definition) is 5. The Labute approximate surface area is 122 Å². The number of sulfonamides is 1. The van der Waals surface area contributed by atoms with Gasteiger partial charge in [-0.2, -0.15) is 0 Å². The maximum atomic E-state index is 11.4. The zero-order valence-electron chi connectivity index (χ0n) is 11.2. The Morgan fingerprint density at radius 2 is 2.05 bits per heavy atom. The van der Waals surface area contributed by atoms with Gasteiger partial charge in [0.1, 0.15) is 0 Å². The number of nitrogens with one attached hydrogen (secondary N) is 1. The summed E-state index contributed by atoms with van der Waals surface area (Å²) in [5, 5.41) is 7.09. The van der Waals surface area contributed by atoms with Gasteiger partial charge >= 0.3 is 6.03 Å². The minimum atomic E-state index is -3.72. The van der Waals surface area contributed by atoms with Crippen LogP contribution in [0.25, 0.3) is 0 Å². The monoisotopic (exact) mass is 312 g/mol. The number of carbonyl (C=O) groups excluding carboxylic acids is 2. The molecule has 1 aliphatic rings. The van der Waals surface area contributed by atoms with Gasteiger partial charge in [0, 0.05) is 25.2 Å². The molecule has 5 N–H and O–H groups in total. The van der Waals surface area contributed by atoms with Crippen molar-refractivity contribution in [2.24, 2.45) is 10.9 Å². The summed E-state index contributed by atoms with van der Waals surface area (Å²) >= 11 is 0. The van der Waals surface area contributed by atoms with Crippen LogP contribution in [0.3, 0.4) is 0 Å². The molecule has 0 fully saturated rings. The third-order valence-electron chi connectivity index (χ3n) is 3.24. The molecule has 8 nitrogen and oxygen atoms in total. The van der Waals surface area contributed by atoms with Crippen LogP contribution in [-0.2, 0) is 21.2 Å². The summed E-state index contributed by atoms with van der Waals surface area (Å²) in [7, 11) is -3.72. The molecule has 0 radical (unpaired) electrons. The minimum Gasteiger partial charge on any atom is -0.370 e. The Hall–Kier alpha value is -2.13. The highest BCUT2D eigenvalue weighted by molar-refractivity contribution is 7.89. The highest BCUT2D eigenvalue weighted by Crippen LogP contribution is 2.29. The molecule has 0 bridgehead atoms. The van der Waals surface area contributed by atoms with Crippen LogP contribution in [0.2, 0.25) is 0 Å². The first kappa shape index (κ1) is 15.3. The van der Waals surface area contributed by atoms with Gasteiger partial charge in [-0.3, -0.25) is 10.1 Å². The first-order valence-corrected chi connectivity index (χ1v) is 7.82. The molecule has 9 heteroatoms. The fourth-order valence-corrected chi connectivity index (χ4v) is 2.86. The van der Waals surface area contributed by atoms with Gasteiger partial charge in [0.05, 0.1) is 4.90 Å². The summed E-state index contributed by atoms with van der Waals surface area (Å²) in [5.74, 6) is -0.447. The zero-order valence-corrected chi connectivity index (χ0v) is 12.0. The molecule has 0 aromatic heterocycles. The van der Waals surface area contributed by atoms with E-state index in [9.17, 15) is 18.0 Å². The number of anilines is 1. The Bertz CT molecular complexity index is 686. The molecular weight excluding hydrogens is 296 g/mol. The highest BCUT2D eigenvalue weighted by Gasteiger charge is 2.21. The van der Waals surface area contributed by atoms with Gasteiger partial charge in [-0.05, 0) is 30.2 Å². The second-order valence-electron chi connectivity index (χ2n) is 4.74. The van der Waals surface area contributed by atoms with E-state index < -0.39 is 22.0 Å². The topological polar surface area (TPSA) is 136 Å². The van der Waals surface area contributed by atoms with Crippen molar-refractivity contribution in [3.8, 4) is 0 Å². The predicted octanol–water partition coefficient (Wildman–Crippen LogP) is -0.718. The number of primary amides is 1. The fourth-order valence-electron chi connectivity index (χ4n) is 2.29. The van der Waals surface area contributed by atoms with Crippen LogP contribution < -0.4 is 21.1 Å². The molecule has 0 unspecified atom stereocenters. The molecule has 1 aromatic carbocycles. The van der Waals surface area contributed by atoms with Crippen molar-refractivity contribution in [3.05, 3.63) is 23.8 Å². The van der Waals surface area contributed by atoms with Crippen LogP contribution in [0.4, 0.5) is 10.5 Å². The van der Waals surface area contributed by atoms with Crippen molar-refractivity contribution in [1.82, 2.24) is 5.32 Å². The number of primary sulfonamides is 1. The number of fused-ring (bicyclic) bond motifs is 1. The molecule has 0 saturated heterocycles. The Balaban J connectivity index is 2.06. The summed E-state index contributed by atoms with van der Waals surface area (Å²) in [4.78, 5) is 23.9. The van der Waals surface area contributed by atoms with Crippen LogP contribution in [0, 0.1) is 0 Å². The number of urea groups is 1. The van der Waals surface area contributed by atoms with Gasteiger partial charge in [-0.15, -0.1) is 0 Å². The van der Waals surface area contributed by atoms with E-state index >= 15 is 0 Å². The summed E-state index contributed by atoms with van der Waals surface area (Å²) in [6.07, 6.45) is 0.801. The van der Waals surface area contributed by atoms with Gasteiger partial charge in [-0.1, -0.05) is 0 Å². The van der Waals surface area contributed by atoms with Crippen molar-refractivity contribution in [2.75, 3.05) is 18.0 Å². The van der Waals surface area contributed by atoms with E-state index in [4.69, 9.17) is 10.9 Å². The number of rotatable bonds is 4. The molecule has 114 valence electrons. The van der Waals surface area contributed by atoms with Crippen molar-refractivity contribution in [1.29, 1.82) is 0 Å². The molecule has 2 rings (SSSR count). The SMILES string of the molecule is NC(=O)NC(=O)CCN1CCc2cc(S(N)(=O)=O)ccc21. The van der Waals surface area contributed by atoms with E-state index in [1.165, 1.54) is 6.07 Å². The number of nitrogens with zero attached hydrogens (tertiary/aromatic N) is 1. The largest absolute Gasteiger partial charge is 0.370 e. The van der Waals surface area contributed by atoms with E-state index in [2.05, 4.69) is 0 Å². The van der Waals surface area contributed by atoms with Crippen molar-refractivity contribution < 1.29 is 18.0 Å². The number of imide groups is 1. The smallest absolute Gasteiger partial charge is 0.318 e. The average Bonchev–Trinajstić information content (AvgIpc) is 2.76. The lowest BCUT2D eigenvalue weighted by atomic mass is 10.2. The molecule has 0 spiro atoms. The number of benzene rings is 1. The molecule has 0 saturated carbocycles. The average molecular weight is 312 g/mol. The van der Waals surface area contributed by atoms with Gasteiger partial charge in [-0.25, -0.2) is 18.4 Å². The van der Waals surface area contributed by atoms with Crippen molar-refractivity contribution in [2.45, 2.75) is 17.7 Å². The van der Waals surface area contributed by atoms with Crippen LogP contribution in [0.15, 0.2) is 23.1 Å². The number of nitrogens with two attached hydrogens (primary N) is 2. The van der Waals surface area contributed by atoms with E-state index in [0.29, 0.717) is 19.5 Å². The van der Waals surface area contributed by atoms with E-state index in [1.807, 2.05) is 10.2 Å². The van der Waals surface area contributed by atoms with Gasteiger partial charge in [0.15, 0.2) is 0 Å². The predicted molar refractivity (Wildman–Crippen MR) is 76.1 cm³/mol. The van der Waals surface area contributed by atoms with Crippen LogP contribution in [0.1, 0.15) is 12.0 Å². The van der Waals surface area contributed by atoms with Crippen LogP contribution in [0.5, 0.6) is 0 Å². The second-order valence-corrected chi connectivity index (χ2v) is 6.30. The molecule has 21 heavy (non-hydrogen) atoms. The van der Waals surface area contributed by atoms with E-state index in [1.54, 1.807) is 12.1 Å². The molecule has 3 amide bonds. The first-order valence-electron chi connectivity index (χ1n) is 6.27. The number of carbonyl (C=O) groups is 2. The lowest BCUT2D eigenvalue weighted by Crippen LogP contribution is -2.37. The molecule has 1 aromatic rings. The summed E-state index contributed by atoms with van der Waals surface area (Å²) in [5.41, 5.74) is 6.60. The fraction of sp³-hybridized carbons (Fsp3) is 0.333. The van der Waals surface area contributed by atoms with E-state index in [-0.39, 0.29) is 11.3 Å². The first-order chi connectivity index (χ1) is 9.77. The van der Waals surface area contributed by atoms with Crippen LogP contribution in [-0.4, -0.2) is 33.4 Å². The molecule has 0 atom stereocenters. The van der Waals surface area contributed by atoms with Gasteiger partial charge in [0.25, 0.3) is 0 Å². The van der Waals surface area contributed by atoms with Gasteiger partial charge in [0.2, 0.25) is 15.9 Å². The summed E-state index contributed by atoms with van der Waals surface area (Å²) in [6, 6.07) is 3.79. The maximum Gasteiger partial charge on any atom is 0.318 e. The second kappa shape index (κ2) is 5.70. The Morgan fingerprint density at radius 3 is 2.67 bits per heavy atom. The lowest BCUT2D eigenvalue weighted by Gasteiger charge is -2.18. The molecular formula is C12H16N4O4S. The number of hydrogen-bond donors (Lipinski definition) is 3. The number of amides is 3. The maximum absolute atomic E-state index is 11.4. The highest BCUT2D eigenvalue weighted by atomic mass is 32.2. The van der Waals surface area contributed by atoms with Crippen molar-refractivity contribution >= 4 is 27.6 Å². The van der Waals surface area contributed by atoms with Gasteiger partial charge < -0.3 is 10.6 Å². The molecule has 0 aliphatic carbocycles. The summed E-state index contributed by atoms with van der Waals surface area (Å²) in [6.45, 7) is 1.09. The third-order valence-corrected chi connectivity index (χ3v) is 4.15. The third kappa shape index (κ3) is 3.70. The quantitative estimate of drug-likeness (QED) is 0.674. The summed E-state index contributed by atoms with van der Waals surface area (Å²) < 4.78 is 22.6. The lowest BCUT2D eigenvalue weighted by molar-refractivity contribution is -0.119.